The molecule has 2 atom stereocenters. The van der Waals surface area contributed by atoms with E-state index >= 15 is 0 Å². The van der Waals surface area contributed by atoms with E-state index in [1.54, 1.807) is 37.1 Å². The van der Waals surface area contributed by atoms with Crippen molar-refractivity contribution < 1.29 is 9.59 Å². The first kappa shape index (κ1) is 19.0. The number of amides is 2. The van der Waals surface area contributed by atoms with Crippen LogP contribution < -0.4 is 5.32 Å². The molecule has 0 radical (unpaired) electrons. The Hall–Kier alpha value is -2.74. The number of aromatic nitrogens is 3. The highest BCUT2D eigenvalue weighted by Crippen LogP contribution is 2.22. The number of rotatable bonds is 7. The maximum Gasteiger partial charge on any atom is 0.253 e. The number of carbonyl (C=O) groups excluding carboxylic acids is 2. The van der Waals surface area contributed by atoms with Gasteiger partial charge in [0.25, 0.3) is 5.91 Å². The van der Waals surface area contributed by atoms with Crippen molar-refractivity contribution in [2.24, 2.45) is 0 Å². The lowest BCUT2D eigenvalue weighted by Crippen LogP contribution is -2.45. The van der Waals surface area contributed by atoms with Gasteiger partial charge in [-0.25, -0.2) is 4.98 Å². The summed E-state index contributed by atoms with van der Waals surface area (Å²) in [6.45, 7) is 6.53. The number of imidazole rings is 1. The van der Waals surface area contributed by atoms with Crippen LogP contribution in [0.4, 0.5) is 0 Å². The zero-order valence-electron chi connectivity index (χ0n) is 15.8. The van der Waals surface area contributed by atoms with Gasteiger partial charge in [-0.2, -0.15) is 0 Å². The molecule has 0 bridgehead atoms. The van der Waals surface area contributed by atoms with Crippen molar-refractivity contribution in [1.29, 1.82) is 0 Å². The van der Waals surface area contributed by atoms with Crippen molar-refractivity contribution in [3.63, 3.8) is 0 Å². The van der Waals surface area contributed by atoms with Crippen molar-refractivity contribution >= 4 is 11.8 Å². The number of carbonyl (C=O) groups is 2. The van der Waals surface area contributed by atoms with Crippen LogP contribution in [0.1, 0.15) is 36.3 Å². The predicted octanol–water partition coefficient (Wildman–Crippen LogP) is 1.05. The van der Waals surface area contributed by atoms with Crippen LogP contribution in [0, 0.1) is 0 Å². The standard InChI is InChI=1S/C19H26N6O2/c1-3-24(4-2)19(27)17-8-15(11-25(17)12-16-10-21-13-22-16)23-18(26)14-6-5-7-20-9-14/h5-7,9-10,13,15,17H,3-4,8,11-12H2,1-2H3,(H,21,22)(H,23,26)/t15-,17+/m1/s1. The second kappa shape index (κ2) is 8.77. The number of H-pyrrole nitrogens is 1. The Labute approximate surface area is 159 Å². The highest BCUT2D eigenvalue weighted by molar-refractivity contribution is 5.94. The maximum atomic E-state index is 13.0. The summed E-state index contributed by atoms with van der Waals surface area (Å²) in [4.78, 5) is 40.5. The van der Waals surface area contributed by atoms with Gasteiger partial charge in [-0.3, -0.25) is 19.5 Å². The van der Waals surface area contributed by atoms with E-state index in [0.29, 0.717) is 38.2 Å². The summed E-state index contributed by atoms with van der Waals surface area (Å²) in [5, 5.41) is 3.05. The molecule has 3 rings (SSSR count). The molecule has 0 aliphatic carbocycles. The highest BCUT2D eigenvalue weighted by Gasteiger charge is 2.39. The summed E-state index contributed by atoms with van der Waals surface area (Å²) in [6, 6.07) is 3.12. The largest absolute Gasteiger partial charge is 0.348 e. The van der Waals surface area contributed by atoms with Crippen LogP contribution in [-0.2, 0) is 11.3 Å². The normalized spacial score (nSPS) is 19.8. The summed E-state index contributed by atoms with van der Waals surface area (Å²) in [5.41, 5.74) is 1.47. The minimum atomic E-state index is -0.257. The Kier molecular flexibility index (Phi) is 6.18. The topological polar surface area (TPSA) is 94.2 Å². The average Bonchev–Trinajstić information content (AvgIpc) is 3.33. The summed E-state index contributed by atoms with van der Waals surface area (Å²) >= 11 is 0. The van der Waals surface area contributed by atoms with Gasteiger partial charge in [0.1, 0.15) is 0 Å². The number of likely N-dealkylation sites (tertiary alicyclic amines) is 1. The molecule has 0 saturated carbocycles. The molecule has 0 unspecified atom stereocenters. The molecule has 144 valence electrons. The first-order valence-electron chi connectivity index (χ1n) is 9.33. The Morgan fingerprint density at radius 1 is 1.30 bits per heavy atom. The summed E-state index contributed by atoms with van der Waals surface area (Å²) in [5.74, 6) is -0.0526. The minimum Gasteiger partial charge on any atom is -0.348 e. The van der Waals surface area contributed by atoms with Crippen molar-refractivity contribution in [2.45, 2.75) is 38.9 Å². The SMILES string of the molecule is CCN(CC)C(=O)[C@@H]1C[C@@H](NC(=O)c2cccnc2)CN1Cc1cnc[nH]1. The molecule has 2 aromatic heterocycles. The lowest BCUT2D eigenvalue weighted by atomic mass is 10.1. The smallest absolute Gasteiger partial charge is 0.253 e. The monoisotopic (exact) mass is 370 g/mol. The molecule has 0 aromatic carbocycles. The molecule has 1 saturated heterocycles. The van der Waals surface area contributed by atoms with Crippen LogP contribution >= 0.6 is 0 Å². The molecule has 1 aliphatic heterocycles. The average molecular weight is 370 g/mol. The third-order valence-corrected chi connectivity index (χ3v) is 4.95. The van der Waals surface area contributed by atoms with Crippen LogP contribution in [0.5, 0.6) is 0 Å². The van der Waals surface area contributed by atoms with E-state index < -0.39 is 0 Å². The van der Waals surface area contributed by atoms with Crippen LogP contribution in [0.2, 0.25) is 0 Å². The van der Waals surface area contributed by atoms with E-state index in [1.165, 1.54) is 0 Å². The number of nitrogens with one attached hydrogen (secondary N) is 2. The Morgan fingerprint density at radius 3 is 2.74 bits per heavy atom. The van der Waals surface area contributed by atoms with Gasteiger partial charge in [-0.05, 0) is 32.4 Å². The summed E-state index contributed by atoms with van der Waals surface area (Å²) < 4.78 is 0. The van der Waals surface area contributed by atoms with Crippen molar-refractivity contribution in [2.75, 3.05) is 19.6 Å². The molecule has 8 nitrogen and oxygen atoms in total. The molecular weight excluding hydrogens is 344 g/mol. The minimum absolute atomic E-state index is 0.0925. The van der Waals surface area contributed by atoms with E-state index in [2.05, 4.69) is 25.2 Å². The third-order valence-electron chi connectivity index (χ3n) is 4.95. The lowest BCUT2D eigenvalue weighted by molar-refractivity contribution is -0.135. The van der Waals surface area contributed by atoms with E-state index in [9.17, 15) is 9.59 Å². The fraction of sp³-hybridized carbons (Fsp3) is 0.474. The van der Waals surface area contributed by atoms with Gasteiger partial charge >= 0.3 is 0 Å². The molecule has 3 heterocycles. The number of nitrogens with zero attached hydrogens (tertiary/aromatic N) is 4. The Morgan fingerprint density at radius 2 is 2.11 bits per heavy atom. The quantitative estimate of drug-likeness (QED) is 0.760. The molecule has 1 aliphatic rings. The van der Waals surface area contributed by atoms with E-state index in [1.807, 2.05) is 18.7 Å². The fourth-order valence-corrected chi connectivity index (χ4v) is 3.54. The van der Waals surface area contributed by atoms with Gasteiger partial charge in [0, 0.05) is 56.5 Å². The molecule has 0 spiro atoms. The second-order valence-electron chi connectivity index (χ2n) is 6.68. The molecule has 2 amide bonds. The van der Waals surface area contributed by atoms with Gasteiger partial charge in [0.15, 0.2) is 0 Å². The number of hydrogen-bond donors (Lipinski definition) is 2. The van der Waals surface area contributed by atoms with Crippen LogP contribution in [0.15, 0.2) is 37.1 Å². The third kappa shape index (κ3) is 4.51. The van der Waals surface area contributed by atoms with Crippen molar-refractivity contribution in [3.05, 3.63) is 48.3 Å². The van der Waals surface area contributed by atoms with Gasteiger partial charge in [0.05, 0.1) is 17.9 Å². The fourth-order valence-electron chi connectivity index (χ4n) is 3.54. The number of aromatic amines is 1. The van der Waals surface area contributed by atoms with E-state index in [-0.39, 0.29) is 23.9 Å². The molecule has 8 heteroatoms. The van der Waals surface area contributed by atoms with Gasteiger partial charge in [-0.15, -0.1) is 0 Å². The first-order chi connectivity index (χ1) is 13.1. The zero-order valence-corrected chi connectivity index (χ0v) is 15.8. The second-order valence-corrected chi connectivity index (χ2v) is 6.68. The maximum absolute atomic E-state index is 13.0. The van der Waals surface area contributed by atoms with Gasteiger partial charge in [-0.1, -0.05) is 0 Å². The Balaban J connectivity index is 1.72. The zero-order chi connectivity index (χ0) is 19.2. The number of likely N-dealkylation sites (N-methyl/N-ethyl adjacent to an activating group) is 1. The van der Waals surface area contributed by atoms with Crippen LogP contribution in [0.25, 0.3) is 0 Å². The van der Waals surface area contributed by atoms with Gasteiger partial charge < -0.3 is 15.2 Å². The first-order valence-corrected chi connectivity index (χ1v) is 9.33. The van der Waals surface area contributed by atoms with Crippen molar-refractivity contribution in [1.82, 2.24) is 30.1 Å². The predicted molar refractivity (Wildman–Crippen MR) is 101 cm³/mol. The summed E-state index contributed by atoms with van der Waals surface area (Å²) in [6.07, 6.45) is 7.17. The van der Waals surface area contributed by atoms with Gasteiger partial charge in [0.2, 0.25) is 5.91 Å². The molecule has 2 N–H and O–H groups in total. The number of pyridine rings is 1. The van der Waals surface area contributed by atoms with Crippen LogP contribution in [0.3, 0.4) is 0 Å². The molecular formula is C19H26N6O2. The van der Waals surface area contributed by atoms with E-state index in [0.717, 1.165) is 5.69 Å². The molecule has 2 aromatic rings. The number of hydrogen-bond acceptors (Lipinski definition) is 5. The van der Waals surface area contributed by atoms with Crippen LogP contribution in [-0.4, -0.2) is 68.3 Å². The molecule has 1 fully saturated rings. The summed E-state index contributed by atoms with van der Waals surface area (Å²) in [7, 11) is 0. The van der Waals surface area contributed by atoms with E-state index in [4.69, 9.17) is 0 Å². The van der Waals surface area contributed by atoms with Crippen molar-refractivity contribution in [3.8, 4) is 0 Å². The Bertz CT molecular complexity index is 745. The lowest BCUT2D eigenvalue weighted by Gasteiger charge is -2.28. The highest BCUT2D eigenvalue weighted by atomic mass is 16.2. The molecule has 27 heavy (non-hydrogen) atoms.